The van der Waals surface area contributed by atoms with Gasteiger partial charge >= 0.3 is 17.9 Å². The minimum atomic E-state index is -1.66. The van der Waals surface area contributed by atoms with Crippen molar-refractivity contribution in [3.8, 4) is 5.75 Å². The molecule has 0 unspecified atom stereocenters. The maximum Gasteiger partial charge on any atom is 0.359 e. The van der Waals surface area contributed by atoms with Gasteiger partial charge in [0.1, 0.15) is 17.0 Å². The maximum atomic E-state index is 12.3. The van der Waals surface area contributed by atoms with Crippen LogP contribution < -0.4 is 4.74 Å². The number of ether oxygens (including phenoxy) is 3. The molecule has 1 aromatic carbocycles. The first-order valence-electron chi connectivity index (χ1n) is 7.74. The zero-order chi connectivity index (χ0) is 19.4. The van der Waals surface area contributed by atoms with E-state index in [4.69, 9.17) is 19.3 Å². The summed E-state index contributed by atoms with van der Waals surface area (Å²) in [5.74, 6) is -2.94. The molecule has 0 saturated heterocycles. The van der Waals surface area contributed by atoms with Gasteiger partial charge in [0.15, 0.2) is 0 Å². The van der Waals surface area contributed by atoms with Crippen LogP contribution in [-0.2, 0) is 19.1 Å². The molecule has 25 heavy (non-hydrogen) atoms. The number of hydrogen-bond donors (Lipinski definition) is 1. The summed E-state index contributed by atoms with van der Waals surface area (Å²) >= 11 is 0. The van der Waals surface area contributed by atoms with E-state index in [1.165, 1.54) is 24.3 Å². The molecule has 0 heterocycles. The van der Waals surface area contributed by atoms with Crippen molar-refractivity contribution < 1.29 is 33.7 Å². The van der Waals surface area contributed by atoms with E-state index < -0.39 is 35.2 Å². The second-order valence-electron chi connectivity index (χ2n) is 7.40. The number of carboxylic acids is 1. The third kappa shape index (κ3) is 7.24. The quantitative estimate of drug-likeness (QED) is 0.642. The Balaban J connectivity index is 3.09. The summed E-state index contributed by atoms with van der Waals surface area (Å²) < 4.78 is 15.8. The number of carbonyl (C=O) groups excluding carboxylic acids is 2. The lowest BCUT2D eigenvalue weighted by atomic mass is 10.1. The van der Waals surface area contributed by atoms with Crippen molar-refractivity contribution >= 4 is 17.9 Å². The van der Waals surface area contributed by atoms with Crippen LogP contribution in [0.3, 0.4) is 0 Å². The van der Waals surface area contributed by atoms with Gasteiger partial charge in [-0.3, -0.25) is 0 Å². The molecule has 0 spiro atoms. The average molecular weight is 352 g/mol. The Hall–Kier alpha value is -2.57. The smallest absolute Gasteiger partial charge is 0.359 e. The minimum absolute atomic E-state index is 0.0374. The van der Waals surface area contributed by atoms with Crippen LogP contribution in [0.4, 0.5) is 0 Å². The highest BCUT2D eigenvalue weighted by atomic mass is 16.6. The molecule has 0 aromatic heterocycles. The van der Waals surface area contributed by atoms with Crippen molar-refractivity contribution in [2.75, 3.05) is 0 Å². The van der Waals surface area contributed by atoms with Crippen molar-refractivity contribution in [3.63, 3.8) is 0 Å². The van der Waals surface area contributed by atoms with E-state index in [0.717, 1.165) is 0 Å². The molecule has 0 bridgehead atoms. The van der Waals surface area contributed by atoms with Crippen LogP contribution in [0.1, 0.15) is 51.9 Å². The van der Waals surface area contributed by atoms with Crippen LogP contribution in [0, 0.1) is 0 Å². The number of benzene rings is 1. The molecule has 0 atom stereocenters. The van der Waals surface area contributed by atoms with Crippen molar-refractivity contribution in [1.82, 2.24) is 0 Å². The minimum Gasteiger partial charge on any atom is -0.478 e. The van der Waals surface area contributed by atoms with Gasteiger partial charge in [0, 0.05) is 0 Å². The summed E-state index contributed by atoms with van der Waals surface area (Å²) in [5, 5.41) is 9.03. The summed E-state index contributed by atoms with van der Waals surface area (Å²) in [6.45, 7) is 9.93. The Bertz CT molecular complexity index is 622. The van der Waals surface area contributed by atoms with Gasteiger partial charge in [-0.2, -0.15) is 0 Å². The van der Waals surface area contributed by atoms with E-state index in [2.05, 4.69) is 0 Å². The number of esters is 2. The normalized spacial score (nSPS) is 11.8. The van der Waals surface area contributed by atoms with E-state index in [1.54, 1.807) is 41.5 Å². The predicted molar refractivity (Wildman–Crippen MR) is 89.5 cm³/mol. The van der Waals surface area contributed by atoms with Crippen LogP contribution in [0.5, 0.6) is 5.75 Å². The van der Waals surface area contributed by atoms with Gasteiger partial charge < -0.3 is 19.3 Å². The fourth-order valence-corrected chi connectivity index (χ4v) is 1.74. The van der Waals surface area contributed by atoms with Crippen LogP contribution in [0.2, 0.25) is 0 Å². The standard InChI is InChI=1S/C18H24O7/c1-17(2,3)24-15(21)13(16(22)25-18(4,5)6)23-12-9-7-8-11(10-12)14(19)20/h7-10,13H,1-6H3,(H,19,20). The van der Waals surface area contributed by atoms with Crippen LogP contribution in [-0.4, -0.2) is 40.3 Å². The van der Waals surface area contributed by atoms with E-state index in [9.17, 15) is 14.4 Å². The Morgan fingerprint density at radius 2 is 1.40 bits per heavy atom. The zero-order valence-corrected chi connectivity index (χ0v) is 15.3. The van der Waals surface area contributed by atoms with Crippen molar-refractivity contribution in [1.29, 1.82) is 0 Å². The summed E-state index contributed by atoms with van der Waals surface area (Å²) in [6, 6.07) is 5.46. The third-order valence-electron chi connectivity index (χ3n) is 2.58. The molecule has 0 fully saturated rings. The highest BCUT2D eigenvalue weighted by Crippen LogP contribution is 2.19. The topological polar surface area (TPSA) is 99.1 Å². The SMILES string of the molecule is CC(C)(C)OC(=O)C(Oc1cccc(C(=O)O)c1)C(=O)OC(C)(C)C. The molecule has 1 aromatic rings. The second kappa shape index (κ2) is 7.55. The zero-order valence-electron chi connectivity index (χ0n) is 15.3. The first-order chi connectivity index (χ1) is 11.3. The van der Waals surface area contributed by atoms with Crippen molar-refractivity contribution in [3.05, 3.63) is 29.8 Å². The molecule has 138 valence electrons. The van der Waals surface area contributed by atoms with Gasteiger partial charge in [-0.1, -0.05) is 6.07 Å². The Kier molecular flexibility index (Phi) is 6.18. The molecule has 7 nitrogen and oxygen atoms in total. The van der Waals surface area contributed by atoms with Crippen molar-refractivity contribution in [2.45, 2.75) is 58.8 Å². The van der Waals surface area contributed by atoms with Gasteiger partial charge in [0.2, 0.25) is 0 Å². The van der Waals surface area contributed by atoms with Gasteiger partial charge in [-0.15, -0.1) is 0 Å². The third-order valence-corrected chi connectivity index (χ3v) is 2.58. The molecule has 1 rings (SSSR count). The number of aromatic carboxylic acids is 1. The highest BCUT2D eigenvalue weighted by molar-refractivity contribution is 5.98. The first-order valence-corrected chi connectivity index (χ1v) is 7.74. The fraction of sp³-hybridized carbons (Fsp3) is 0.500. The Morgan fingerprint density at radius 1 is 0.920 bits per heavy atom. The second-order valence-corrected chi connectivity index (χ2v) is 7.40. The summed E-state index contributed by atoms with van der Waals surface area (Å²) in [6.07, 6.45) is -1.66. The molecule has 0 saturated carbocycles. The maximum absolute atomic E-state index is 12.3. The van der Waals surface area contributed by atoms with E-state index in [-0.39, 0.29) is 11.3 Å². The monoisotopic (exact) mass is 352 g/mol. The van der Waals surface area contributed by atoms with E-state index in [1.807, 2.05) is 0 Å². The van der Waals surface area contributed by atoms with E-state index >= 15 is 0 Å². The fourth-order valence-electron chi connectivity index (χ4n) is 1.74. The largest absolute Gasteiger partial charge is 0.478 e. The number of hydrogen-bond acceptors (Lipinski definition) is 6. The lowest BCUT2D eigenvalue weighted by Gasteiger charge is -2.26. The molecule has 0 aliphatic heterocycles. The number of rotatable bonds is 5. The van der Waals surface area contributed by atoms with Gasteiger partial charge in [-0.25, -0.2) is 14.4 Å². The summed E-state index contributed by atoms with van der Waals surface area (Å²) in [4.78, 5) is 35.7. The lowest BCUT2D eigenvalue weighted by molar-refractivity contribution is -0.179. The van der Waals surface area contributed by atoms with Gasteiger partial charge in [-0.05, 0) is 59.7 Å². The average Bonchev–Trinajstić information content (AvgIpc) is 2.41. The Morgan fingerprint density at radius 3 is 1.80 bits per heavy atom. The lowest BCUT2D eigenvalue weighted by Crippen LogP contribution is -2.44. The first kappa shape index (κ1) is 20.5. The molecule has 0 radical (unpaired) electrons. The summed E-state index contributed by atoms with van der Waals surface area (Å²) in [5.41, 5.74) is -1.70. The van der Waals surface area contributed by atoms with Crippen LogP contribution in [0.15, 0.2) is 24.3 Å². The van der Waals surface area contributed by atoms with E-state index in [0.29, 0.717) is 0 Å². The summed E-state index contributed by atoms with van der Waals surface area (Å²) in [7, 11) is 0. The molecule has 1 N–H and O–H groups in total. The molecule has 0 aliphatic carbocycles. The molecule has 0 aliphatic rings. The van der Waals surface area contributed by atoms with Gasteiger partial charge in [0.05, 0.1) is 5.56 Å². The molecular weight excluding hydrogens is 328 g/mol. The van der Waals surface area contributed by atoms with Gasteiger partial charge in [0.25, 0.3) is 6.10 Å². The van der Waals surface area contributed by atoms with Crippen LogP contribution >= 0.6 is 0 Å². The highest BCUT2D eigenvalue weighted by Gasteiger charge is 2.37. The van der Waals surface area contributed by atoms with Crippen LogP contribution in [0.25, 0.3) is 0 Å². The predicted octanol–water partition coefficient (Wildman–Crippen LogP) is 2.82. The van der Waals surface area contributed by atoms with Crippen molar-refractivity contribution in [2.24, 2.45) is 0 Å². The molecule has 0 amide bonds. The number of carboxylic acid groups (broad SMARTS) is 1. The number of carbonyl (C=O) groups is 3. The molecular formula is C18H24O7. The Labute approximate surface area is 146 Å². The molecule has 7 heteroatoms.